The number of aliphatic hydroxyl groups excluding tert-OH is 1. The normalized spacial score (nSPS) is 38.1. The molecular formula is C12H20O3. The summed E-state index contributed by atoms with van der Waals surface area (Å²) in [5.74, 6) is 0.801. The maximum Gasteiger partial charge on any atom is 0.160 e. The van der Waals surface area contributed by atoms with Crippen LogP contribution in [-0.4, -0.2) is 30.7 Å². The first-order chi connectivity index (χ1) is 7.31. The molecule has 15 heavy (non-hydrogen) atoms. The van der Waals surface area contributed by atoms with Gasteiger partial charge in [0.25, 0.3) is 0 Å². The Labute approximate surface area is 91.1 Å². The molecule has 1 aliphatic heterocycles. The molecule has 0 aromatic heterocycles. The Hall–Kier alpha value is -0.380. The number of allylic oxidation sites excluding steroid dienone is 1. The van der Waals surface area contributed by atoms with Crippen LogP contribution >= 0.6 is 0 Å². The van der Waals surface area contributed by atoms with Gasteiger partial charge in [0.1, 0.15) is 0 Å². The van der Waals surface area contributed by atoms with Crippen LogP contribution in [0.3, 0.4) is 0 Å². The number of hydrogen-bond acceptors (Lipinski definition) is 3. The number of aliphatic hydroxyl groups is 1. The van der Waals surface area contributed by atoms with Crippen molar-refractivity contribution >= 4 is 0 Å². The van der Waals surface area contributed by atoms with E-state index in [1.54, 1.807) is 0 Å². The zero-order valence-electron chi connectivity index (χ0n) is 9.10. The summed E-state index contributed by atoms with van der Waals surface area (Å²) in [5, 5.41) is 9.83. The van der Waals surface area contributed by atoms with Crippen molar-refractivity contribution in [2.75, 3.05) is 13.2 Å². The third kappa shape index (κ3) is 2.60. The minimum Gasteiger partial charge on any atom is -0.393 e. The first-order valence-electron chi connectivity index (χ1n) is 5.83. The predicted molar refractivity (Wildman–Crippen MR) is 57.3 cm³/mol. The predicted octanol–water partition coefficient (Wildman–Crippen LogP) is 1.71. The number of rotatable bonds is 3. The fourth-order valence-electron chi connectivity index (χ4n) is 2.65. The number of ether oxygens (including phenoxy) is 2. The van der Waals surface area contributed by atoms with Gasteiger partial charge in [-0.3, -0.25) is 0 Å². The smallest absolute Gasteiger partial charge is 0.160 e. The molecule has 0 bridgehead atoms. The van der Waals surface area contributed by atoms with Gasteiger partial charge in [-0.05, 0) is 31.6 Å². The lowest BCUT2D eigenvalue weighted by Crippen LogP contribution is -2.34. The molecule has 86 valence electrons. The molecule has 1 heterocycles. The van der Waals surface area contributed by atoms with Gasteiger partial charge in [-0.15, -0.1) is 6.58 Å². The fraction of sp³-hybridized carbons (Fsp3) is 0.833. The van der Waals surface area contributed by atoms with Gasteiger partial charge < -0.3 is 14.6 Å². The Morgan fingerprint density at radius 3 is 2.67 bits per heavy atom. The Balaban J connectivity index is 1.89. The Kier molecular flexibility index (Phi) is 3.78. The molecule has 3 unspecified atom stereocenters. The molecule has 2 aliphatic rings. The van der Waals surface area contributed by atoms with Crippen LogP contribution in [0.25, 0.3) is 0 Å². The molecule has 1 saturated heterocycles. The molecule has 1 N–H and O–H groups in total. The summed E-state index contributed by atoms with van der Waals surface area (Å²) in [5.41, 5.74) is 0. The van der Waals surface area contributed by atoms with Crippen LogP contribution in [0.15, 0.2) is 12.7 Å². The first kappa shape index (κ1) is 11.1. The van der Waals surface area contributed by atoms with E-state index in [2.05, 4.69) is 6.58 Å². The van der Waals surface area contributed by atoms with Gasteiger partial charge in [-0.2, -0.15) is 0 Å². The van der Waals surface area contributed by atoms with Crippen LogP contribution in [0.4, 0.5) is 0 Å². The van der Waals surface area contributed by atoms with Crippen molar-refractivity contribution in [1.29, 1.82) is 0 Å². The molecule has 2 rings (SSSR count). The lowest BCUT2D eigenvalue weighted by molar-refractivity contribution is -0.109. The van der Waals surface area contributed by atoms with Crippen molar-refractivity contribution in [2.24, 2.45) is 11.8 Å². The highest BCUT2D eigenvalue weighted by Gasteiger charge is 2.35. The summed E-state index contributed by atoms with van der Waals surface area (Å²) in [7, 11) is 0. The van der Waals surface area contributed by atoms with E-state index in [1.807, 2.05) is 6.08 Å². The van der Waals surface area contributed by atoms with Crippen molar-refractivity contribution in [2.45, 2.75) is 38.1 Å². The maximum absolute atomic E-state index is 9.83. The summed E-state index contributed by atoms with van der Waals surface area (Å²) in [6, 6.07) is 0. The molecular weight excluding hydrogens is 192 g/mol. The van der Waals surface area contributed by atoms with Gasteiger partial charge in [0, 0.05) is 5.92 Å². The lowest BCUT2D eigenvalue weighted by Gasteiger charge is -2.34. The molecule has 2 fully saturated rings. The summed E-state index contributed by atoms with van der Waals surface area (Å²) >= 11 is 0. The van der Waals surface area contributed by atoms with E-state index in [1.165, 1.54) is 0 Å². The largest absolute Gasteiger partial charge is 0.393 e. The van der Waals surface area contributed by atoms with Gasteiger partial charge in [0.05, 0.1) is 19.3 Å². The monoisotopic (exact) mass is 212 g/mol. The molecule has 0 aromatic rings. The van der Waals surface area contributed by atoms with E-state index in [0.717, 1.165) is 38.9 Å². The van der Waals surface area contributed by atoms with E-state index in [4.69, 9.17) is 9.47 Å². The molecule has 0 amide bonds. The molecule has 0 radical (unpaired) electrons. The average Bonchev–Trinajstić information content (AvgIpc) is 2.75. The molecule has 0 aromatic carbocycles. The van der Waals surface area contributed by atoms with Gasteiger partial charge >= 0.3 is 0 Å². The standard InChI is InChI=1S/C12H20O3/c1-2-3-9-8-10(4-5-11(9)13)12-14-6-7-15-12/h2,9-13H,1,3-8H2. The second kappa shape index (κ2) is 5.10. The third-order valence-electron chi connectivity index (χ3n) is 3.48. The quantitative estimate of drug-likeness (QED) is 0.724. The summed E-state index contributed by atoms with van der Waals surface area (Å²) in [4.78, 5) is 0. The molecule has 1 saturated carbocycles. The number of hydrogen-bond donors (Lipinski definition) is 1. The molecule has 3 nitrogen and oxygen atoms in total. The second-order valence-corrected chi connectivity index (χ2v) is 4.53. The highest BCUT2D eigenvalue weighted by Crippen LogP contribution is 2.35. The van der Waals surface area contributed by atoms with Crippen LogP contribution in [0, 0.1) is 11.8 Å². The molecule has 3 heteroatoms. The highest BCUT2D eigenvalue weighted by atomic mass is 16.7. The van der Waals surface area contributed by atoms with Crippen LogP contribution in [0.5, 0.6) is 0 Å². The van der Waals surface area contributed by atoms with E-state index in [-0.39, 0.29) is 12.4 Å². The first-order valence-corrected chi connectivity index (χ1v) is 5.83. The van der Waals surface area contributed by atoms with Crippen LogP contribution in [0.1, 0.15) is 25.7 Å². The molecule has 3 atom stereocenters. The minimum absolute atomic E-state index is 0.0233. The molecule has 1 aliphatic carbocycles. The highest BCUT2D eigenvalue weighted by molar-refractivity contribution is 4.86. The zero-order valence-corrected chi connectivity index (χ0v) is 9.10. The van der Waals surface area contributed by atoms with Gasteiger partial charge in [0.2, 0.25) is 0 Å². The lowest BCUT2D eigenvalue weighted by atomic mass is 9.77. The van der Waals surface area contributed by atoms with Gasteiger partial charge in [-0.1, -0.05) is 6.08 Å². The van der Waals surface area contributed by atoms with Gasteiger partial charge in [0.15, 0.2) is 6.29 Å². The van der Waals surface area contributed by atoms with Crippen LogP contribution < -0.4 is 0 Å². The Morgan fingerprint density at radius 1 is 1.27 bits per heavy atom. The third-order valence-corrected chi connectivity index (χ3v) is 3.48. The SMILES string of the molecule is C=CCC1CC(C2OCCO2)CCC1O. The summed E-state index contributed by atoms with van der Waals surface area (Å²) in [6.45, 7) is 5.17. The second-order valence-electron chi connectivity index (χ2n) is 4.53. The summed E-state index contributed by atoms with van der Waals surface area (Å²) < 4.78 is 11.0. The zero-order chi connectivity index (χ0) is 10.7. The van der Waals surface area contributed by atoms with Crippen molar-refractivity contribution in [3.63, 3.8) is 0 Å². The Bertz CT molecular complexity index is 211. The van der Waals surface area contributed by atoms with Crippen LogP contribution in [0.2, 0.25) is 0 Å². The van der Waals surface area contributed by atoms with Crippen molar-refractivity contribution in [3.05, 3.63) is 12.7 Å². The maximum atomic E-state index is 9.83. The Morgan fingerprint density at radius 2 is 2.00 bits per heavy atom. The van der Waals surface area contributed by atoms with Crippen molar-refractivity contribution in [1.82, 2.24) is 0 Å². The summed E-state index contributed by atoms with van der Waals surface area (Å²) in [6.07, 6.45) is 5.48. The average molecular weight is 212 g/mol. The fourth-order valence-corrected chi connectivity index (χ4v) is 2.65. The van der Waals surface area contributed by atoms with E-state index < -0.39 is 0 Å². The van der Waals surface area contributed by atoms with Crippen molar-refractivity contribution < 1.29 is 14.6 Å². The van der Waals surface area contributed by atoms with Crippen molar-refractivity contribution in [3.8, 4) is 0 Å². The molecule has 0 spiro atoms. The van der Waals surface area contributed by atoms with E-state index >= 15 is 0 Å². The minimum atomic E-state index is -0.166. The van der Waals surface area contributed by atoms with E-state index in [0.29, 0.717) is 11.8 Å². The van der Waals surface area contributed by atoms with Crippen LogP contribution in [-0.2, 0) is 9.47 Å². The van der Waals surface area contributed by atoms with Gasteiger partial charge in [-0.25, -0.2) is 0 Å². The van der Waals surface area contributed by atoms with E-state index in [9.17, 15) is 5.11 Å². The topological polar surface area (TPSA) is 38.7 Å².